The summed E-state index contributed by atoms with van der Waals surface area (Å²) < 4.78 is 1.95. The molecule has 2 heterocycles. The standard InChI is InChI=1S/C26H24N4/c1-3-18(2)19-13-15-21(16-14-19)30-17-22(25(29-30)20-9-5-4-6-10-20)26-27-23-11-7-8-12-24(23)28-26/h4-18H,3H2,1-2H3,(H,27,28). The minimum Gasteiger partial charge on any atom is -0.338 e. The second-order valence-corrected chi connectivity index (χ2v) is 7.71. The number of aromatic nitrogens is 4. The number of H-pyrrole nitrogens is 1. The molecule has 0 fully saturated rings. The molecule has 0 aliphatic carbocycles. The molecule has 0 radical (unpaired) electrons. The van der Waals surface area contributed by atoms with Gasteiger partial charge in [-0.05, 0) is 42.2 Å². The lowest BCUT2D eigenvalue weighted by atomic mass is 9.99. The Bertz CT molecular complexity index is 1250. The minimum absolute atomic E-state index is 0.558. The zero-order chi connectivity index (χ0) is 20.5. The van der Waals surface area contributed by atoms with E-state index in [-0.39, 0.29) is 0 Å². The fourth-order valence-corrected chi connectivity index (χ4v) is 3.76. The van der Waals surface area contributed by atoms with Crippen molar-refractivity contribution >= 4 is 11.0 Å². The topological polar surface area (TPSA) is 46.5 Å². The van der Waals surface area contributed by atoms with Crippen LogP contribution in [0.15, 0.2) is 85.1 Å². The molecule has 30 heavy (non-hydrogen) atoms. The van der Waals surface area contributed by atoms with E-state index >= 15 is 0 Å². The number of benzene rings is 3. The Morgan fingerprint density at radius 2 is 1.63 bits per heavy atom. The lowest BCUT2D eigenvalue weighted by molar-refractivity contribution is 0.732. The number of hydrogen-bond acceptors (Lipinski definition) is 2. The molecule has 0 spiro atoms. The second-order valence-electron chi connectivity index (χ2n) is 7.71. The molecule has 1 atom stereocenters. The number of fused-ring (bicyclic) bond motifs is 1. The number of aromatic amines is 1. The number of imidazole rings is 1. The van der Waals surface area contributed by atoms with Gasteiger partial charge >= 0.3 is 0 Å². The van der Waals surface area contributed by atoms with Crippen LogP contribution in [-0.2, 0) is 0 Å². The molecular weight excluding hydrogens is 368 g/mol. The maximum atomic E-state index is 4.95. The number of nitrogens with one attached hydrogen (secondary N) is 1. The van der Waals surface area contributed by atoms with Crippen LogP contribution in [0.25, 0.3) is 39.4 Å². The van der Waals surface area contributed by atoms with E-state index in [1.165, 1.54) is 5.56 Å². The van der Waals surface area contributed by atoms with Crippen molar-refractivity contribution in [2.24, 2.45) is 0 Å². The van der Waals surface area contributed by atoms with E-state index in [1.807, 2.05) is 47.1 Å². The molecule has 2 aromatic heterocycles. The maximum Gasteiger partial charge on any atom is 0.142 e. The number of nitrogens with zero attached hydrogens (tertiary/aromatic N) is 3. The van der Waals surface area contributed by atoms with Crippen molar-refractivity contribution in [2.75, 3.05) is 0 Å². The Kier molecular flexibility index (Phi) is 4.68. The van der Waals surface area contributed by atoms with Crippen LogP contribution in [0.5, 0.6) is 0 Å². The van der Waals surface area contributed by atoms with Crippen molar-refractivity contribution in [1.82, 2.24) is 19.7 Å². The molecule has 5 rings (SSSR count). The highest BCUT2D eigenvalue weighted by atomic mass is 15.3. The van der Waals surface area contributed by atoms with Gasteiger partial charge in [-0.2, -0.15) is 5.10 Å². The van der Waals surface area contributed by atoms with Gasteiger partial charge in [0.25, 0.3) is 0 Å². The van der Waals surface area contributed by atoms with Crippen molar-refractivity contribution in [3.63, 3.8) is 0 Å². The van der Waals surface area contributed by atoms with Crippen molar-refractivity contribution in [3.05, 3.63) is 90.6 Å². The van der Waals surface area contributed by atoms with E-state index in [0.717, 1.165) is 45.8 Å². The molecule has 1 N–H and O–H groups in total. The predicted molar refractivity (Wildman–Crippen MR) is 123 cm³/mol. The van der Waals surface area contributed by atoms with Gasteiger partial charge < -0.3 is 4.98 Å². The van der Waals surface area contributed by atoms with Crippen LogP contribution >= 0.6 is 0 Å². The largest absolute Gasteiger partial charge is 0.338 e. The second kappa shape index (κ2) is 7.64. The summed E-state index contributed by atoms with van der Waals surface area (Å²) in [5, 5.41) is 4.95. The monoisotopic (exact) mass is 392 g/mol. The summed E-state index contributed by atoms with van der Waals surface area (Å²) in [5.74, 6) is 1.39. The molecule has 148 valence electrons. The normalized spacial score (nSPS) is 12.3. The zero-order valence-electron chi connectivity index (χ0n) is 17.2. The van der Waals surface area contributed by atoms with E-state index in [9.17, 15) is 0 Å². The molecule has 0 aliphatic heterocycles. The Morgan fingerprint density at radius 3 is 2.37 bits per heavy atom. The summed E-state index contributed by atoms with van der Waals surface area (Å²) in [7, 11) is 0. The average molecular weight is 393 g/mol. The SMILES string of the molecule is CCC(C)c1ccc(-n2cc(-c3nc4ccccc4[nH]3)c(-c3ccccc3)n2)cc1. The van der Waals surface area contributed by atoms with E-state index in [4.69, 9.17) is 10.1 Å². The van der Waals surface area contributed by atoms with Gasteiger partial charge in [-0.3, -0.25) is 0 Å². The summed E-state index contributed by atoms with van der Waals surface area (Å²) in [6.45, 7) is 4.48. The average Bonchev–Trinajstić information content (AvgIpc) is 3.44. The fourth-order valence-electron chi connectivity index (χ4n) is 3.76. The van der Waals surface area contributed by atoms with Gasteiger partial charge in [0.2, 0.25) is 0 Å². The van der Waals surface area contributed by atoms with Crippen molar-refractivity contribution in [1.29, 1.82) is 0 Å². The summed E-state index contributed by atoms with van der Waals surface area (Å²) in [5.41, 5.74) is 7.36. The first-order valence-corrected chi connectivity index (χ1v) is 10.4. The van der Waals surface area contributed by atoms with Crippen LogP contribution < -0.4 is 0 Å². The highest BCUT2D eigenvalue weighted by Crippen LogP contribution is 2.32. The zero-order valence-corrected chi connectivity index (χ0v) is 17.2. The maximum absolute atomic E-state index is 4.95. The van der Waals surface area contributed by atoms with Crippen LogP contribution in [0.3, 0.4) is 0 Å². The van der Waals surface area contributed by atoms with Crippen LogP contribution in [0.2, 0.25) is 0 Å². The smallest absolute Gasteiger partial charge is 0.142 e. The van der Waals surface area contributed by atoms with Crippen LogP contribution in [-0.4, -0.2) is 19.7 Å². The summed E-state index contributed by atoms with van der Waals surface area (Å²) in [4.78, 5) is 8.27. The molecule has 3 aromatic carbocycles. The molecule has 4 heteroatoms. The molecule has 0 aliphatic rings. The van der Waals surface area contributed by atoms with Crippen LogP contribution in [0, 0.1) is 0 Å². The van der Waals surface area contributed by atoms with Crippen molar-refractivity contribution < 1.29 is 0 Å². The fraction of sp³-hybridized carbons (Fsp3) is 0.154. The predicted octanol–water partition coefficient (Wildman–Crippen LogP) is 6.60. The molecule has 4 nitrogen and oxygen atoms in total. The Morgan fingerprint density at radius 1 is 0.900 bits per heavy atom. The molecule has 0 bridgehead atoms. The van der Waals surface area contributed by atoms with Gasteiger partial charge in [-0.15, -0.1) is 0 Å². The quantitative estimate of drug-likeness (QED) is 0.366. The van der Waals surface area contributed by atoms with E-state index in [1.54, 1.807) is 0 Å². The summed E-state index contributed by atoms with van der Waals surface area (Å²) in [6.07, 6.45) is 3.20. The van der Waals surface area contributed by atoms with Crippen LogP contribution in [0.4, 0.5) is 0 Å². The Balaban J connectivity index is 1.63. The summed E-state index contributed by atoms with van der Waals surface area (Å²) >= 11 is 0. The van der Waals surface area contributed by atoms with Gasteiger partial charge in [-0.25, -0.2) is 9.67 Å². The Hall–Kier alpha value is -3.66. The van der Waals surface area contributed by atoms with Crippen LogP contribution in [0.1, 0.15) is 31.7 Å². The minimum atomic E-state index is 0.558. The first-order valence-electron chi connectivity index (χ1n) is 10.4. The van der Waals surface area contributed by atoms with Gasteiger partial charge in [0.05, 0.1) is 22.3 Å². The van der Waals surface area contributed by atoms with E-state index < -0.39 is 0 Å². The number of para-hydroxylation sites is 2. The molecule has 0 saturated heterocycles. The molecule has 0 amide bonds. The number of rotatable bonds is 5. The van der Waals surface area contributed by atoms with Gasteiger partial charge in [0.1, 0.15) is 11.5 Å². The van der Waals surface area contributed by atoms with Crippen molar-refractivity contribution in [2.45, 2.75) is 26.2 Å². The third-order valence-electron chi connectivity index (χ3n) is 5.74. The van der Waals surface area contributed by atoms with Gasteiger partial charge in [0.15, 0.2) is 0 Å². The molecule has 5 aromatic rings. The van der Waals surface area contributed by atoms with Gasteiger partial charge in [-0.1, -0.05) is 68.4 Å². The first-order chi connectivity index (χ1) is 14.7. The Labute approximate surface area is 176 Å². The first kappa shape index (κ1) is 18.4. The third-order valence-corrected chi connectivity index (χ3v) is 5.74. The van der Waals surface area contributed by atoms with Gasteiger partial charge in [0, 0.05) is 11.8 Å². The highest BCUT2D eigenvalue weighted by Gasteiger charge is 2.17. The molecule has 0 saturated carbocycles. The lowest BCUT2D eigenvalue weighted by Gasteiger charge is -2.09. The van der Waals surface area contributed by atoms with E-state index in [2.05, 4.69) is 61.4 Å². The third kappa shape index (κ3) is 3.30. The molecular formula is C26H24N4. The summed E-state index contributed by atoms with van der Waals surface area (Å²) in [6, 6.07) is 27.1. The van der Waals surface area contributed by atoms with E-state index in [0.29, 0.717) is 5.92 Å². The molecule has 1 unspecified atom stereocenters. The number of hydrogen-bond donors (Lipinski definition) is 1. The lowest BCUT2D eigenvalue weighted by Crippen LogP contribution is -1.97. The van der Waals surface area contributed by atoms with Crippen molar-refractivity contribution in [3.8, 4) is 28.3 Å². The highest BCUT2D eigenvalue weighted by molar-refractivity contribution is 5.84.